The SMILES string of the molecule is COc1ccc2c(c1)CCn1cc3c(=O)c(OC)ccc-3cc1-2. The fourth-order valence-corrected chi connectivity index (χ4v) is 3.28. The van der Waals surface area contributed by atoms with Gasteiger partial charge in [0.05, 0.1) is 14.2 Å². The molecule has 0 radical (unpaired) electrons. The van der Waals surface area contributed by atoms with Crippen LogP contribution >= 0.6 is 0 Å². The van der Waals surface area contributed by atoms with Crippen LogP contribution in [0.5, 0.6) is 11.5 Å². The fourth-order valence-electron chi connectivity index (χ4n) is 3.28. The lowest BCUT2D eigenvalue weighted by Gasteiger charge is -2.25. The second kappa shape index (κ2) is 5.16. The summed E-state index contributed by atoms with van der Waals surface area (Å²) in [6.45, 7) is 0.849. The maximum atomic E-state index is 12.4. The average molecular weight is 307 g/mol. The van der Waals surface area contributed by atoms with E-state index in [1.807, 2.05) is 18.3 Å². The molecule has 0 atom stereocenters. The number of benzene rings is 2. The van der Waals surface area contributed by atoms with E-state index in [4.69, 9.17) is 9.47 Å². The molecule has 2 aliphatic heterocycles. The first-order valence-electron chi connectivity index (χ1n) is 7.60. The number of pyridine rings is 1. The highest BCUT2D eigenvalue weighted by molar-refractivity contribution is 5.76. The predicted molar refractivity (Wildman–Crippen MR) is 89.6 cm³/mol. The first kappa shape index (κ1) is 13.9. The summed E-state index contributed by atoms with van der Waals surface area (Å²) in [6, 6.07) is 11.9. The van der Waals surface area contributed by atoms with Crippen LogP contribution in [0.4, 0.5) is 0 Å². The van der Waals surface area contributed by atoms with Gasteiger partial charge >= 0.3 is 0 Å². The minimum absolute atomic E-state index is 0.0548. The van der Waals surface area contributed by atoms with Crippen molar-refractivity contribution in [3.63, 3.8) is 0 Å². The van der Waals surface area contributed by atoms with E-state index in [0.717, 1.165) is 30.0 Å². The second-order valence-corrected chi connectivity index (χ2v) is 5.72. The smallest absolute Gasteiger partial charge is 0.229 e. The molecule has 4 nitrogen and oxygen atoms in total. The van der Waals surface area contributed by atoms with Gasteiger partial charge in [-0.05, 0) is 47.9 Å². The number of rotatable bonds is 2. The Labute approximate surface area is 134 Å². The summed E-state index contributed by atoms with van der Waals surface area (Å²) in [6.07, 6.45) is 2.87. The minimum Gasteiger partial charge on any atom is -0.497 e. The lowest BCUT2D eigenvalue weighted by Crippen LogP contribution is -2.17. The van der Waals surface area contributed by atoms with Gasteiger partial charge in [0.15, 0.2) is 5.75 Å². The number of hydrogen-bond donors (Lipinski definition) is 0. The number of aryl methyl sites for hydroxylation is 2. The number of aromatic nitrogens is 1. The predicted octanol–water partition coefficient (Wildman–Crippen LogP) is 3.19. The van der Waals surface area contributed by atoms with Crippen molar-refractivity contribution in [2.45, 2.75) is 13.0 Å². The molecule has 0 saturated carbocycles. The van der Waals surface area contributed by atoms with E-state index in [1.54, 1.807) is 13.2 Å². The van der Waals surface area contributed by atoms with Gasteiger partial charge in [0.2, 0.25) is 5.43 Å². The fraction of sp³-hybridized carbons (Fsp3) is 0.211. The highest BCUT2D eigenvalue weighted by atomic mass is 16.5. The number of fused-ring (bicyclic) bond motifs is 4. The minimum atomic E-state index is -0.0548. The average Bonchev–Trinajstić information content (AvgIpc) is 2.60. The Morgan fingerprint density at radius 1 is 1.00 bits per heavy atom. The van der Waals surface area contributed by atoms with Gasteiger partial charge in [-0.25, -0.2) is 0 Å². The summed E-state index contributed by atoms with van der Waals surface area (Å²) < 4.78 is 12.6. The molecule has 0 bridgehead atoms. The Morgan fingerprint density at radius 3 is 2.65 bits per heavy atom. The molecule has 116 valence electrons. The van der Waals surface area contributed by atoms with E-state index in [2.05, 4.69) is 22.8 Å². The summed E-state index contributed by atoms with van der Waals surface area (Å²) in [5.74, 6) is 1.27. The van der Waals surface area contributed by atoms with E-state index < -0.39 is 0 Å². The third kappa shape index (κ3) is 2.10. The first-order chi connectivity index (χ1) is 11.2. The Kier molecular flexibility index (Phi) is 3.11. The van der Waals surface area contributed by atoms with Gasteiger partial charge in [-0.15, -0.1) is 0 Å². The molecule has 2 heterocycles. The van der Waals surface area contributed by atoms with Crippen molar-refractivity contribution in [1.29, 1.82) is 0 Å². The highest BCUT2D eigenvalue weighted by Crippen LogP contribution is 2.35. The van der Waals surface area contributed by atoms with E-state index in [0.29, 0.717) is 11.3 Å². The lowest BCUT2D eigenvalue weighted by atomic mass is 9.94. The second-order valence-electron chi connectivity index (χ2n) is 5.72. The molecule has 3 aliphatic rings. The van der Waals surface area contributed by atoms with Crippen molar-refractivity contribution >= 4 is 0 Å². The molecular formula is C19H17NO3. The molecule has 1 aromatic rings. The molecule has 0 amide bonds. The number of hydrogen-bond acceptors (Lipinski definition) is 3. The van der Waals surface area contributed by atoms with Crippen molar-refractivity contribution in [3.05, 3.63) is 58.4 Å². The maximum Gasteiger partial charge on any atom is 0.229 e. The summed E-state index contributed by atoms with van der Waals surface area (Å²) in [4.78, 5) is 12.4. The Bertz CT molecular complexity index is 926. The Hall–Kier alpha value is -2.75. The normalized spacial score (nSPS) is 12.6. The van der Waals surface area contributed by atoms with Crippen molar-refractivity contribution < 1.29 is 9.47 Å². The summed E-state index contributed by atoms with van der Waals surface area (Å²) in [5, 5.41) is 0. The van der Waals surface area contributed by atoms with Crippen LogP contribution < -0.4 is 14.9 Å². The molecule has 0 fully saturated rings. The van der Waals surface area contributed by atoms with Gasteiger partial charge in [-0.3, -0.25) is 4.79 Å². The number of nitrogens with zero attached hydrogens (tertiary/aromatic N) is 1. The molecule has 0 spiro atoms. The first-order valence-corrected chi connectivity index (χ1v) is 7.60. The summed E-state index contributed by atoms with van der Waals surface area (Å²) >= 11 is 0. The number of methoxy groups -OCH3 is 2. The van der Waals surface area contributed by atoms with Gasteiger partial charge in [0, 0.05) is 29.6 Å². The molecule has 23 heavy (non-hydrogen) atoms. The van der Waals surface area contributed by atoms with Crippen LogP contribution in [-0.2, 0) is 13.0 Å². The van der Waals surface area contributed by atoms with Crippen molar-refractivity contribution in [2.24, 2.45) is 0 Å². The van der Waals surface area contributed by atoms with Gasteiger partial charge in [0.25, 0.3) is 0 Å². The van der Waals surface area contributed by atoms with E-state index in [-0.39, 0.29) is 5.43 Å². The van der Waals surface area contributed by atoms with Gasteiger partial charge < -0.3 is 14.0 Å². The largest absolute Gasteiger partial charge is 0.497 e. The van der Waals surface area contributed by atoms with E-state index in [9.17, 15) is 4.79 Å². The van der Waals surface area contributed by atoms with Crippen LogP contribution in [0.1, 0.15) is 5.56 Å². The van der Waals surface area contributed by atoms with Gasteiger partial charge in [0.1, 0.15) is 5.75 Å². The molecule has 1 aliphatic carbocycles. The lowest BCUT2D eigenvalue weighted by molar-refractivity contribution is 0.411. The molecule has 0 aromatic heterocycles. The van der Waals surface area contributed by atoms with E-state index >= 15 is 0 Å². The zero-order valence-corrected chi connectivity index (χ0v) is 13.1. The van der Waals surface area contributed by atoms with Crippen molar-refractivity contribution in [1.82, 2.24) is 4.57 Å². The van der Waals surface area contributed by atoms with Gasteiger partial charge in [-0.2, -0.15) is 0 Å². The zero-order chi connectivity index (χ0) is 16.0. The Balaban J connectivity index is 1.95. The quantitative estimate of drug-likeness (QED) is 0.730. The van der Waals surface area contributed by atoms with Crippen LogP contribution in [0.15, 0.2) is 47.4 Å². The molecule has 0 N–H and O–H groups in total. The molecule has 0 saturated heterocycles. The molecule has 4 rings (SSSR count). The molecular weight excluding hydrogens is 290 g/mol. The van der Waals surface area contributed by atoms with Crippen LogP contribution in [-0.4, -0.2) is 18.8 Å². The van der Waals surface area contributed by atoms with Crippen molar-refractivity contribution in [3.8, 4) is 33.9 Å². The van der Waals surface area contributed by atoms with E-state index in [1.165, 1.54) is 18.2 Å². The topological polar surface area (TPSA) is 40.5 Å². The van der Waals surface area contributed by atoms with Crippen LogP contribution in [0.25, 0.3) is 22.4 Å². The third-order valence-electron chi connectivity index (χ3n) is 4.51. The van der Waals surface area contributed by atoms with Crippen LogP contribution in [0, 0.1) is 0 Å². The number of ether oxygens (including phenoxy) is 2. The van der Waals surface area contributed by atoms with Crippen molar-refractivity contribution in [2.75, 3.05) is 14.2 Å². The van der Waals surface area contributed by atoms with Gasteiger partial charge in [-0.1, -0.05) is 6.07 Å². The highest BCUT2D eigenvalue weighted by Gasteiger charge is 2.20. The monoisotopic (exact) mass is 307 g/mol. The maximum absolute atomic E-state index is 12.4. The third-order valence-corrected chi connectivity index (χ3v) is 4.51. The van der Waals surface area contributed by atoms with Crippen LogP contribution in [0.3, 0.4) is 0 Å². The Morgan fingerprint density at radius 2 is 1.87 bits per heavy atom. The standard InChI is InChI=1S/C19H17NO3/c1-22-14-4-5-15-13(9-14)7-8-20-11-16-12(10-17(15)20)3-6-18(23-2)19(16)21/h3-6,9-11H,7-8H2,1-2H3. The van der Waals surface area contributed by atoms with Crippen LogP contribution in [0.2, 0.25) is 0 Å². The zero-order valence-electron chi connectivity index (χ0n) is 13.1. The molecule has 1 aromatic carbocycles. The molecule has 4 heteroatoms. The molecule has 0 unspecified atom stereocenters. The summed E-state index contributed by atoms with van der Waals surface area (Å²) in [7, 11) is 3.21. The summed E-state index contributed by atoms with van der Waals surface area (Å²) in [5.41, 5.74) is 5.18.